The number of carbonyl (C=O) groups excluding carboxylic acids is 1. The monoisotopic (exact) mass is 432 g/mol. The molecule has 5 nitrogen and oxygen atoms in total. The van der Waals surface area contributed by atoms with Gasteiger partial charge in [0.1, 0.15) is 0 Å². The Bertz CT molecular complexity index is 1080. The number of nitrogens with one attached hydrogen (secondary N) is 1. The van der Waals surface area contributed by atoms with Gasteiger partial charge in [-0.15, -0.1) is 0 Å². The van der Waals surface area contributed by atoms with Gasteiger partial charge in [0.05, 0.1) is 5.69 Å². The van der Waals surface area contributed by atoms with Gasteiger partial charge in [-0.25, -0.2) is 4.99 Å². The van der Waals surface area contributed by atoms with Crippen molar-refractivity contribution >= 4 is 34.8 Å². The minimum absolute atomic E-state index is 0.163. The summed E-state index contributed by atoms with van der Waals surface area (Å²) in [6.07, 6.45) is 0. The Labute approximate surface area is 188 Å². The molecule has 31 heavy (non-hydrogen) atoms. The molecule has 1 heterocycles. The molecular formula is C25H25ClN4O. The summed E-state index contributed by atoms with van der Waals surface area (Å²) >= 11 is 6.16. The molecule has 3 aromatic carbocycles. The molecule has 158 valence electrons. The van der Waals surface area contributed by atoms with Crippen molar-refractivity contribution in [2.24, 2.45) is 4.99 Å². The van der Waals surface area contributed by atoms with Crippen molar-refractivity contribution in [2.45, 2.75) is 6.92 Å². The van der Waals surface area contributed by atoms with Crippen molar-refractivity contribution in [3.63, 3.8) is 0 Å². The first-order chi connectivity index (χ1) is 15.1. The van der Waals surface area contributed by atoms with Crippen molar-refractivity contribution < 1.29 is 4.79 Å². The molecule has 0 bridgehead atoms. The van der Waals surface area contributed by atoms with Gasteiger partial charge in [-0.05, 0) is 55.0 Å². The fraction of sp³-hybridized carbons (Fsp3) is 0.200. The van der Waals surface area contributed by atoms with Crippen molar-refractivity contribution in [2.75, 3.05) is 31.1 Å². The van der Waals surface area contributed by atoms with Crippen LogP contribution in [0.15, 0.2) is 83.9 Å². The lowest BCUT2D eigenvalue weighted by Crippen LogP contribution is -2.53. The standard InChI is InChI=1S/C25H25ClN4O/c1-19-7-5-11-22(17-19)27-25(28-24(31)20-8-3-2-4-9-20)30-15-13-29(14-16-30)23-12-6-10-21(26)18-23/h2-12,17-18H,13-16H2,1H3,(H,27,28,31). The van der Waals surface area contributed by atoms with Crippen molar-refractivity contribution in [1.82, 2.24) is 10.2 Å². The summed E-state index contributed by atoms with van der Waals surface area (Å²) in [5.41, 5.74) is 3.66. The van der Waals surface area contributed by atoms with Crippen LogP contribution in [0.4, 0.5) is 11.4 Å². The Balaban J connectivity index is 1.54. The van der Waals surface area contributed by atoms with Gasteiger partial charge in [0.25, 0.3) is 5.91 Å². The molecule has 1 amide bonds. The third-order valence-corrected chi connectivity index (χ3v) is 5.49. The molecule has 6 heteroatoms. The third kappa shape index (κ3) is 5.44. The van der Waals surface area contributed by atoms with E-state index >= 15 is 0 Å². The number of guanidine groups is 1. The fourth-order valence-corrected chi connectivity index (χ4v) is 3.79. The minimum Gasteiger partial charge on any atom is -0.368 e. The van der Waals surface area contributed by atoms with E-state index in [1.165, 1.54) is 0 Å². The van der Waals surface area contributed by atoms with Crippen LogP contribution in [-0.4, -0.2) is 42.9 Å². The van der Waals surface area contributed by atoms with E-state index in [2.05, 4.69) is 21.2 Å². The zero-order chi connectivity index (χ0) is 21.6. The van der Waals surface area contributed by atoms with Gasteiger partial charge in [-0.2, -0.15) is 0 Å². The minimum atomic E-state index is -0.163. The van der Waals surface area contributed by atoms with Crippen LogP contribution < -0.4 is 10.2 Å². The van der Waals surface area contributed by atoms with E-state index < -0.39 is 0 Å². The quantitative estimate of drug-likeness (QED) is 0.473. The molecule has 1 fully saturated rings. The van der Waals surface area contributed by atoms with Gasteiger partial charge in [0.2, 0.25) is 5.96 Å². The Hall–Kier alpha value is -3.31. The van der Waals surface area contributed by atoms with Gasteiger partial charge >= 0.3 is 0 Å². The molecule has 1 aliphatic heterocycles. The second-order valence-electron chi connectivity index (χ2n) is 7.55. The number of benzene rings is 3. The summed E-state index contributed by atoms with van der Waals surface area (Å²) in [6, 6.07) is 25.1. The van der Waals surface area contributed by atoms with E-state index in [0.29, 0.717) is 11.5 Å². The van der Waals surface area contributed by atoms with Crippen LogP contribution in [0, 0.1) is 6.92 Å². The third-order valence-electron chi connectivity index (χ3n) is 5.25. The first kappa shape index (κ1) is 20.9. The summed E-state index contributed by atoms with van der Waals surface area (Å²) in [5, 5.41) is 3.77. The van der Waals surface area contributed by atoms with Crippen LogP contribution in [0.3, 0.4) is 0 Å². The summed E-state index contributed by atoms with van der Waals surface area (Å²) in [6.45, 7) is 5.15. The molecule has 0 unspecified atom stereocenters. The smallest absolute Gasteiger partial charge is 0.257 e. The SMILES string of the molecule is Cc1cccc(N=C(NC(=O)c2ccccc2)N2CCN(c3cccc(Cl)c3)CC2)c1. The normalized spacial score (nSPS) is 14.5. The lowest BCUT2D eigenvalue weighted by atomic mass is 10.2. The highest BCUT2D eigenvalue weighted by molar-refractivity contribution is 6.30. The average molecular weight is 433 g/mol. The Kier molecular flexibility index (Phi) is 6.53. The predicted octanol–water partition coefficient (Wildman–Crippen LogP) is 4.89. The summed E-state index contributed by atoms with van der Waals surface area (Å²) < 4.78 is 0. The molecular weight excluding hydrogens is 408 g/mol. The van der Waals surface area contributed by atoms with Gasteiger partial charge in [0.15, 0.2) is 0 Å². The number of halogens is 1. The number of hydrogen-bond acceptors (Lipinski definition) is 3. The number of aryl methyl sites for hydroxylation is 1. The first-order valence-corrected chi connectivity index (χ1v) is 10.7. The second-order valence-corrected chi connectivity index (χ2v) is 7.98. The second kappa shape index (κ2) is 9.67. The zero-order valence-electron chi connectivity index (χ0n) is 17.5. The van der Waals surface area contributed by atoms with Crippen LogP contribution in [-0.2, 0) is 0 Å². The van der Waals surface area contributed by atoms with Crippen LogP contribution in [0.1, 0.15) is 15.9 Å². The van der Waals surface area contributed by atoms with Crippen LogP contribution in [0.2, 0.25) is 5.02 Å². The molecule has 0 saturated carbocycles. The molecule has 3 aromatic rings. The number of carbonyl (C=O) groups is 1. The van der Waals surface area contributed by atoms with E-state index in [9.17, 15) is 4.79 Å². The molecule has 0 spiro atoms. The van der Waals surface area contributed by atoms with Crippen LogP contribution in [0.5, 0.6) is 0 Å². The molecule has 0 radical (unpaired) electrons. The fourth-order valence-electron chi connectivity index (χ4n) is 3.61. The van der Waals surface area contributed by atoms with Crippen molar-refractivity contribution in [1.29, 1.82) is 0 Å². The van der Waals surface area contributed by atoms with Gasteiger partial charge in [-0.1, -0.05) is 48.0 Å². The first-order valence-electron chi connectivity index (χ1n) is 10.4. The molecule has 0 aliphatic carbocycles. The number of aliphatic imine (C=N–C) groups is 1. The van der Waals surface area contributed by atoms with Crippen molar-refractivity contribution in [3.8, 4) is 0 Å². The highest BCUT2D eigenvalue weighted by Gasteiger charge is 2.22. The van der Waals surface area contributed by atoms with E-state index in [1.54, 1.807) is 12.1 Å². The number of rotatable bonds is 3. The number of nitrogens with zero attached hydrogens (tertiary/aromatic N) is 3. The maximum atomic E-state index is 12.8. The highest BCUT2D eigenvalue weighted by Crippen LogP contribution is 2.21. The maximum Gasteiger partial charge on any atom is 0.257 e. The van der Waals surface area contributed by atoms with E-state index in [4.69, 9.17) is 16.6 Å². The summed E-state index contributed by atoms with van der Waals surface area (Å²) in [4.78, 5) is 22.1. The Morgan fingerprint density at radius 1 is 0.903 bits per heavy atom. The Morgan fingerprint density at radius 2 is 1.65 bits per heavy atom. The number of anilines is 1. The van der Waals surface area contributed by atoms with Gasteiger partial charge in [0, 0.05) is 42.5 Å². The largest absolute Gasteiger partial charge is 0.368 e. The summed E-state index contributed by atoms with van der Waals surface area (Å²) in [7, 11) is 0. The molecule has 1 aliphatic rings. The highest BCUT2D eigenvalue weighted by atomic mass is 35.5. The Morgan fingerprint density at radius 3 is 2.35 bits per heavy atom. The van der Waals surface area contributed by atoms with E-state index in [0.717, 1.165) is 48.1 Å². The zero-order valence-corrected chi connectivity index (χ0v) is 18.2. The molecule has 1 N–H and O–H groups in total. The van der Waals surface area contributed by atoms with Gasteiger partial charge < -0.3 is 9.80 Å². The molecule has 0 aromatic heterocycles. The number of hydrogen-bond donors (Lipinski definition) is 1. The molecule has 1 saturated heterocycles. The van der Waals surface area contributed by atoms with Crippen LogP contribution in [0.25, 0.3) is 0 Å². The summed E-state index contributed by atoms with van der Waals surface area (Å²) in [5.74, 6) is 0.412. The van der Waals surface area contributed by atoms with Gasteiger partial charge in [-0.3, -0.25) is 10.1 Å². The topological polar surface area (TPSA) is 47.9 Å². The van der Waals surface area contributed by atoms with E-state index in [-0.39, 0.29) is 5.91 Å². The number of amides is 1. The lowest BCUT2D eigenvalue weighted by molar-refractivity contribution is 0.0972. The number of piperazine rings is 1. The molecule has 0 atom stereocenters. The average Bonchev–Trinajstić information content (AvgIpc) is 2.79. The molecule has 4 rings (SSSR count). The lowest BCUT2D eigenvalue weighted by Gasteiger charge is -2.37. The predicted molar refractivity (Wildman–Crippen MR) is 127 cm³/mol. The maximum absolute atomic E-state index is 12.8. The van der Waals surface area contributed by atoms with Crippen molar-refractivity contribution in [3.05, 3.63) is 95.0 Å². The van der Waals surface area contributed by atoms with E-state index in [1.807, 2.05) is 67.6 Å². The van der Waals surface area contributed by atoms with Crippen LogP contribution >= 0.6 is 11.6 Å².